The first-order chi connectivity index (χ1) is 11.7. The van der Waals surface area contributed by atoms with Gasteiger partial charge >= 0.3 is 5.97 Å². The molecule has 1 aromatic rings. The van der Waals surface area contributed by atoms with Crippen LogP contribution in [0.1, 0.15) is 58.2 Å². The second kappa shape index (κ2) is 9.75. The fourth-order valence-electron chi connectivity index (χ4n) is 2.03. The minimum Gasteiger partial charge on any atom is -0.480 e. The first-order valence-corrected chi connectivity index (χ1v) is 8.30. The van der Waals surface area contributed by atoms with Crippen molar-refractivity contribution in [2.75, 3.05) is 6.54 Å². The van der Waals surface area contributed by atoms with Crippen LogP contribution in [0.25, 0.3) is 0 Å². The Kier molecular flexibility index (Phi) is 8.03. The van der Waals surface area contributed by atoms with Crippen LogP contribution in [-0.4, -0.2) is 45.6 Å². The van der Waals surface area contributed by atoms with Crippen LogP contribution in [0.5, 0.6) is 0 Å². The van der Waals surface area contributed by atoms with Gasteiger partial charge in [-0.1, -0.05) is 32.9 Å². The third-order valence-electron chi connectivity index (χ3n) is 3.35. The van der Waals surface area contributed by atoms with Crippen LogP contribution in [0.2, 0.25) is 0 Å². The third-order valence-corrected chi connectivity index (χ3v) is 3.35. The van der Waals surface area contributed by atoms with Gasteiger partial charge in [0, 0.05) is 18.8 Å². The van der Waals surface area contributed by atoms with E-state index in [2.05, 4.69) is 20.8 Å². The van der Waals surface area contributed by atoms with E-state index in [0.29, 0.717) is 18.1 Å². The summed E-state index contributed by atoms with van der Waals surface area (Å²) in [5, 5.41) is 17.7. The number of aryl methyl sites for hydroxylation is 1. The molecule has 1 aromatic heterocycles. The predicted octanol–water partition coefficient (Wildman–Crippen LogP) is 0.857. The molecule has 0 bridgehead atoms. The minimum atomic E-state index is -1.09. The molecule has 1 atom stereocenters. The molecule has 0 fully saturated rings. The number of nitrogens with zero attached hydrogens (tertiary/aromatic N) is 2. The van der Waals surface area contributed by atoms with E-state index in [9.17, 15) is 14.4 Å². The van der Waals surface area contributed by atoms with Crippen molar-refractivity contribution in [3.8, 4) is 0 Å². The monoisotopic (exact) mass is 354 g/mol. The van der Waals surface area contributed by atoms with E-state index in [1.807, 2.05) is 27.7 Å². The Morgan fingerprint density at radius 1 is 1.16 bits per heavy atom. The van der Waals surface area contributed by atoms with Crippen molar-refractivity contribution in [3.05, 3.63) is 11.7 Å². The van der Waals surface area contributed by atoms with Gasteiger partial charge in [0.05, 0.1) is 6.54 Å². The van der Waals surface area contributed by atoms with Gasteiger partial charge in [0.15, 0.2) is 5.82 Å². The second-order valence-electron chi connectivity index (χ2n) is 6.57. The van der Waals surface area contributed by atoms with Crippen LogP contribution in [-0.2, 0) is 20.8 Å². The van der Waals surface area contributed by atoms with Crippen LogP contribution < -0.4 is 10.6 Å². The highest BCUT2D eigenvalue weighted by atomic mass is 16.5. The van der Waals surface area contributed by atoms with Gasteiger partial charge in [-0.05, 0) is 12.3 Å². The number of aliphatic carboxylic acids is 1. The fourth-order valence-corrected chi connectivity index (χ4v) is 2.03. The summed E-state index contributed by atoms with van der Waals surface area (Å²) in [7, 11) is 0. The second-order valence-corrected chi connectivity index (χ2v) is 6.57. The van der Waals surface area contributed by atoms with Crippen LogP contribution in [0.3, 0.4) is 0 Å². The predicted molar refractivity (Wildman–Crippen MR) is 88.7 cm³/mol. The van der Waals surface area contributed by atoms with E-state index in [1.165, 1.54) is 0 Å². The van der Waals surface area contributed by atoms with Gasteiger partial charge < -0.3 is 20.3 Å². The van der Waals surface area contributed by atoms with Gasteiger partial charge in [0.2, 0.25) is 17.7 Å². The first kappa shape index (κ1) is 20.6. The normalized spacial score (nSPS) is 12.2. The number of hydrogen-bond donors (Lipinski definition) is 3. The molecule has 0 spiro atoms. The molecule has 9 heteroatoms. The fraction of sp³-hybridized carbons (Fsp3) is 0.688. The lowest BCUT2D eigenvalue weighted by Crippen LogP contribution is -2.46. The summed E-state index contributed by atoms with van der Waals surface area (Å²) in [5.41, 5.74) is 0. The Bertz CT molecular complexity index is 597. The molecule has 0 unspecified atom stereocenters. The van der Waals surface area contributed by atoms with Crippen LogP contribution >= 0.6 is 0 Å². The van der Waals surface area contributed by atoms with Crippen molar-refractivity contribution in [2.45, 2.75) is 58.9 Å². The summed E-state index contributed by atoms with van der Waals surface area (Å²) in [5.74, 6) is -0.766. The number of carboxylic acids is 1. The lowest BCUT2D eigenvalue weighted by atomic mass is 10.0. The zero-order valence-electron chi connectivity index (χ0n) is 15.0. The van der Waals surface area contributed by atoms with E-state index in [1.54, 1.807) is 0 Å². The maximum atomic E-state index is 11.8. The Balaban J connectivity index is 2.34. The van der Waals surface area contributed by atoms with Crippen LogP contribution in [0, 0.1) is 5.92 Å². The van der Waals surface area contributed by atoms with Crippen LogP contribution in [0.4, 0.5) is 0 Å². The van der Waals surface area contributed by atoms with Crippen molar-refractivity contribution < 1.29 is 24.0 Å². The molecule has 1 rings (SSSR count). The van der Waals surface area contributed by atoms with Gasteiger partial charge in [-0.2, -0.15) is 4.98 Å². The summed E-state index contributed by atoms with van der Waals surface area (Å²) in [6, 6.07) is -0.961. The largest absolute Gasteiger partial charge is 0.480 e. The molecule has 0 saturated carbocycles. The molecule has 0 aliphatic heterocycles. The molecule has 9 nitrogen and oxygen atoms in total. The molecule has 3 N–H and O–H groups in total. The molecule has 2 amide bonds. The summed E-state index contributed by atoms with van der Waals surface area (Å²) in [4.78, 5) is 38.8. The maximum Gasteiger partial charge on any atom is 0.326 e. The Hall–Kier alpha value is -2.45. The molecule has 140 valence electrons. The molecular weight excluding hydrogens is 328 g/mol. The van der Waals surface area contributed by atoms with E-state index < -0.39 is 17.9 Å². The number of rotatable bonds is 10. The molecule has 0 aliphatic carbocycles. The summed E-state index contributed by atoms with van der Waals surface area (Å²) in [6.45, 7) is 7.33. The molecule has 25 heavy (non-hydrogen) atoms. The summed E-state index contributed by atoms with van der Waals surface area (Å²) >= 11 is 0. The Morgan fingerprint density at radius 2 is 1.84 bits per heavy atom. The number of carbonyl (C=O) groups excluding carboxylic acids is 2. The SMILES string of the molecule is CC(C)C[C@H](NC(=O)CNC(=O)CCc1nc(C(C)C)no1)C(=O)O. The maximum absolute atomic E-state index is 11.8. The lowest BCUT2D eigenvalue weighted by Gasteiger charge is -2.16. The molecule has 0 aliphatic rings. The number of hydrogen-bond acceptors (Lipinski definition) is 6. The quantitative estimate of drug-likeness (QED) is 0.567. The number of aromatic nitrogens is 2. The highest BCUT2D eigenvalue weighted by Gasteiger charge is 2.21. The standard InChI is InChI=1S/C16H26N4O5/c1-9(2)7-11(16(23)24)18-13(22)8-17-12(21)5-6-14-19-15(10(3)4)20-25-14/h9-11H,5-8H2,1-4H3,(H,17,21)(H,18,22)(H,23,24)/t11-/m0/s1. The van der Waals surface area contributed by atoms with Gasteiger partial charge in [0.25, 0.3) is 0 Å². The highest BCUT2D eigenvalue weighted by Crippen LogP contribution is 2.10. The van der Waals surface area contributed by atoms with Crippen molar-refractivity contribution in [1.29, 1.82) is 0 Å². The molecule has 0 radical (unpaired) electrons. The topological polar surface area (TPSA) is 134 Å². The number of nitrogens with one attached hydrogen (secondary N) is 2. The number of carbonyl (C=O) groups is 3. The van der Waals surface area contributed by atoms with E-state index >= 15 is 0 Å². The molecule has 0 aromatic carbocycles. The van der Waals surface area contributed by atoms with Gasteiger partial charge in [0.1, 0.15) is 6.04 Å². The lowest BCUT2D eigenvalue weighted by molar-refractivity contribution is -0.142. The van der Waals surface area contributed by atoms with Crippen molar-refractivity contribution in [2.24, 2.45) is 5.92 Å². The van der Waals surface area contributed by atoms with Gasteiger partial charge in [-0.3, -0.25) is 9.59 Å². The van der Waals surface area contributed by atoms with Crippen molar-refractivity contribution in [3.63, 3.8) is 0 Å². The average molecular weight is 354 g/mol. The summed E-state index contributed by atoms with van der Waals surface area (Å²) < 4.78 is 5.03. The summed E-state index contributed by atoms with van der Waals surface area (Å²) in [6.07, 6.45) is 0.698. The minimum absolute atomic E-state index is 0.0986. The van der Waals surface area contributed by atoms with Gasteiger partial charge in [-0.15, -0.1) is 0 Å². The van der Waals surface area contributed by atoms with E-state index in [4.69, 9.17) is 9.63 Å². The smallest absolute Gasteiger partial charge is 0.326 e. The Morgan fingerprint density at radius 3 is 2.36 bits per heavy atom. The Labute approximate surface area is 146 Å². The van der Waals surface area contributed by atoms with Crippen molar-refractivity contribution >= 4 is 17.8 Å². The van der Waals surface area contributed by atoms with E-state index in [-0.39, 0.29) is 37.1 Å². The van der Waals surface area contributed by atoms with Crippen molar-refractivity contribution in [1.82, 2.24) is 20.8 Å². The highest BCUT2D eigenvalue weighted by molar-refractivity contribution is 5.87. The number of carboxylic acid groups (broad SMARTS) is 1. The zero-order chi connectivity index (χ0) is 19.0. The average Bonchev–Trinajstić information content (AvgIpc) is 2.99. The third kappa shape index (κ3) is 7.77. The molecule has 1 heterocycles. The molecular formula is C16H26N4O5. The zero-order valence-corrected chi connectivity index (χ0v) is 15.0. The first-order valence-electron chi connectivity index (χ1n) is 8.30. The molecule has 0 saturated heterocycles. The van der Waals surface area contributed by atoms with Crippen LogP contribution in [0.15, 0.2) is 4.52 Å². The van der Waals surface area contributed by atoms with E-state index in [0.717, 1.165) is 0 Å². The van der Waals surface area contributed by atoms with Gasteiger partial charge in [-0.25, -0.2) is 4.79 Å². The number of amides is 2.